The molecule has 3 aromatic carbocycles. The van der Waals surface area contributed by atoms with Gasteiger partial charge in [-0.15, -0.1) is 0 Å². The summed E-state index contributed by atoms with van der Waals surface area (Å²) in [4.78, 5) is 17.2. The van der Waals surface area contributed by atoms with Gasteiger partial charge < -0.3 is 9.47 Å². The van der Waals surface area contributed by atoms with E-state index in [1.54, 1.807) is 30.3 Å². The fourth-order valence-corrected chi connectivity index (χ4v) is 5.04. The van der Waals surface area contributed by atoms with E-state index >= 15 is 0 Å². The van der Waals surface area contributed by atoms with Gasteiger partial charge in [-0.25, -0.2) is 12.8 Å². The number of halogens is 1. The van der Waals surface area contributed by atoms with Gasteiger partial charge in [-0.1, -0.05) is 30.3 Å². The van der Waals surface area contributed by atoms with E-state index in [-0.39, 0.29) is 26.5 Å². The summed E-state index contributed by atoms with van der Waals surface area (Å²) in [6.07, 6.45) is 1.24. The topological polar surface area (TPSA) is 82.6 Å². The summed E-state index contributed by atoms with van der Waals surface area (Å²) >= 11 is 0. The van der Waals surface area contributed by atoms with Crippen molar-refractivity contribution in [1.29, 1.82) is 0 Å². The van der Waals surface area contributed by atoms with Crippen molar-refractivity contribution in [3.63, 3.8) is 0 Å². The van der Waals surface area contributed by atoms with Gasteiger partial charge in [0.1, 0.15) is 5.82 Å². The van der Waals surface area contributed by atoms with Crippen molar-refractivity contribution in [3.8, 4) is 11.5 Å². The number of ketones is 1. The second kappa shape index (κ2) is 8.39. The summed E-state index contributed by atoms with van der Waals surface area (Å²) in [7, 11) is -1.36. The highest BCUT2D eigenvalue weighted by Crippen LogP contribution is 2.38. The van der Waals surface area contributed by atoms with Gasteiger partial charge >= 0.3 is 0 Å². The molecule has 0 spiro atoms. The van der Waals surface area contributed by atoms with E-state index in [0.29, 0.717) is 16.8 Å². The fraction of sp³-hybridized carbons (Fsp3) is 0.0833. The van der Waals surface area contributed by atoms with Crippen LogP contribution in [0.3, 0.4) is 0 Å². The van der Waals surface area contributed by atoms with Crippen molar-refractivity contribution in [2.75, 3.05) is 14.2 Å². The van der Waals surface area contributed by atoms with Crippen molar-refractivity contribution < 1.29 is 27.1 Å². The predicted octanol–water partition coefficient (Wildman–Crippen LogP) is 4.45. The lowest BCUT2D eigenvalue weighted by molar-refractivity contribution is 0.103. The normalized spacial score (nSPS) is 11.3. The lowest BCUT2D eigenvalue weighted by Crippen LogP contribution is -2.13. The molecular formula is C24H18FNO5S. The maximum absolute atomic E-state index is 13.7. The molecule has 0 aliphatic carbocycles. The Morgan fingerprint density at radius 3 is 2.16 bits per heavy atom. The van der Waals surface area contributed by atoms with E-state index in [9.17, 15) is 17.6 Å². The summed E-state index contributed by atoms with van der Waals surface area (Å²) in [6.45, 7) is 0. The van der Waals surface area contributed by atoms with Crippen LogP contribution in [0.4, 0.5) is 4.39 Å². The van der Waals surface area contributed by atoms with E-state index in [2.05, 4.69) is 4.98 Å². The number of carbonyl (C=O) groups is 1. The number of nitrogens with zero attached hydrogens (tertiary/aromatic N) is 1. The molecule has 0 N–H and O–H groups in total. The van der Waals surface area contributed by atoms with Gasteiger partial charge in [-0.05, 0) is 30.3 Å². The molecule has 4 aromatic rings. The largest absolute Gasteiger partial charge is 0.493 e. The van der Waals surface area contributed by atoms with Gasteiger partial charge in [-0.2, -0.15) is 0 Å². The predicted molar refractivity (Wildman–Crippen MR) is 117 cm³/mol. The molecule has 0 radical (unpaired) electrons. The maximum atomic E-state index is 13.7. The molecule has 0 saturated carbocycles. The number of carbonyl (C=O) groups excluding carboxylic acids is 1. The molecular weight excluding hydrogens is 433 g/mol. The smallest absolute Gasteiger partial charge is 0.208 e. The fourth-order valence-electron chi connectivity index (χ4n) is 3.42. The molecule has 0 saturated heterocycles. The zero-order valence-electron chi connectivity index (χ0n) is 17.2. The van der Waals surface area contributed by atoms with Gasteiger partial charge in [0.25, 0.3) is 0 Å². The summed E-state index contributed by atoms with van der Waals surface area (Å²) in [5.74, 6) is -0.438. The van der Waals surface area contributed by atoms with Crippen LogP contribution in [0, 0.1) is 5.82 Å². The van der Waals surface area contributed by atoms with Crippen molar-refractivity contribution in [3.05, 3.63) is 89.9 Å². The first-order valence-electron chi connectivity index (χ1n) is 9.52. The summed E-state index contributed by atoms with van der Waals surface area (Å²) < 4.78 is 51.5. The Morgan fingerprint density at radius 2 is 1.53 bits per heavy atom. The van der Waals surface area contributed by atoms with Crippen LogP contribution in [0.1, 0.15) is 15.9 Å². The highest BCUT2D eigenvalue weighted by molar-refractivity contribution is 7.91. The lowest BCUT2D eigenvalue weighted by atomic mass is 10.0. The van der Waals surface area contributed by atoms with Crippen LogP contribution in [0.5, 0.6) is 11.5 Å². The number of ether oxygens (including phenoxy) is 2. The molecule has 8 heteroatoms. The third-order valence-corrected chi connectivity index (χ3v) is 6.87. The third kappa shape index (κ3) is 3.69. The highest BCUT2D eigenvalue weighted by atomic mass is 32.2. The third-order valence-electron chi connectivity index (χ3n) is 5.00. The van der Waals surface area contributed by atoms with E-state index in [0.717, 1.165) is 24.3 Å². The minimum Gasteiger partial charge on any atom is -0.493 e. The Bertz CT molecular complexity index is 1420. The van der Waals surface area contributed by atoms with Gasteiger partial charge in [0, 0.05) is 23.2 Å². The number of hydrogen-bond donors (Lipinski definition) is 0. The zero-order chi connectivity index (χ0) is 22.9. The first-order chi connectivity index (χ1) is 15.4. The Hall–Kier alpha value is -3.78. The van der Waals surface area contributed by atoms with Gasteiger partial charge in [0.15, 0.2) is 17.3 Å². The van der Waals surface area contributed by atoms with E-state index in [1.165, 1.54) is 32.5 Å². The van der Waals surface area contributed by atoms with Gasteiger partial charge in [0.2, 0.25) is 9.84 Å². The Morgan fingerprint density at radius 1 is 0.906 bits per heavy atom. The Balaban J connectivity index is 2.08. The number of sulfone groups is 1. The number of methoxy groups -OCH3 is 2. The first-order valence-corrected chi connectivity index (χ1v) is 11.0. The van der Waals surface area contributed by atoms with Crippen LogP contribution in [0.2, 0.25) is 0 Å². The molecule has 0 bridgehead atoms. The van der Waals surface area contributed by atoms with Crippen LogP contribution < -0.4 is 9.47 Å². The maximum Gasteiger partial charge on any atom is 0.208 e. The lowest BCUT2D eigenvalue weighted by Gasteiger charge is -2.15. The van der Waals surface area contributed by atoms with Crippen LogP contribution in [0.15, 0.2) is 82.7 Å². The molecule has 0 amide bonds. The standard InChI is InChI=1S/C24H18FNO5S/c1-30-21-12-18-20(13-22(21)31-2)26-14-19(23(27)15-6-4-3-5-7-15)24(18)32(28,29)17-10-8-16(25)9-11-17/h3-14H,1-2H3. The van der Waals surface area contributed by atoms with Gasteiger partial charge in [0.05, 0.1) is 35.1 Å². The number of aromatic nitrogens is 1. The van der Waals surface area contributed by atoms with Crippen molar-refractivity contribution >= 4 is 26.5 Å². The van der Waals surface area contributed by atoms with Crippen LogP contribution in [-0.2, 0) is 9.84 Å². The van der Waals surface area contributed by atoms with Crippen molar-refractivity contribution in [1.82, 2.24) is 4.98 Å². The van der Waals surface area contributed by atoms with Crippen molar-refractivity contribution in [2.24, 2.45) is 0 Å². The average Bonchev–Trinajstić information content (AvgIpc) is 2.82. The molecule has 0 fully saturated rings. The van der Waals surface area contributed by atoms with Gasteiger partial charge in [-0.3, -0.25) is 9.78 Å². The van der Waals surface area contributed by atoms with E-state index in [4.69, 9.17) is 9.47 Å². The quantitative estimate of drug-likeness (QED) is 0.318. The van der Waals surface area contributed by atoms with Crippen LogP contribution in [-0.4, -0.2) is 33.4 Å². The molecule has 162 valence electrons. The number of pyridine rings is 1. The molecule has 0 atom stereocenters. The molecule has 0 aliphatic rings. The SMILES string of the molecule is COc1cc2ncc(C(=O)c3ccccc3)c(S(=O)(=O)c3ccc(F)cc3)c2cc1OC. The second-order valence-corrected chi connectivity index (χ2v) is 8.76. The molecule has 32 heavy (non-hydrogen) atoms. The molecule has 1 heterocycles. The first kappa shape index (κ1) is 21.5. The van der Waals surface area contributed by atoms with E-state index in [1.807, 2.05) is 0 Å². The Labute approximate surface area is 184 Å². The Kier molecular flexibility index (Phi) is 5.63. The molecule has 0 unspecified atom stereocenters. The average molecular weight is 451 g/mol. The number of rotatable bonds is 6. The van der Waals surface area contributed by atoms with Crippen LogP contribution >= 0.6 is 0 Å². The number of benzene rings is 3. The number of fused-ring (bicyclic) bond motifs is 1. The summed E-state index contributed by atoms with van der Waals surface area (Å²) in [6, 6.07) is 15.7. The minimum absolute atomic E-state index is 0.0970. The molecule has 4 rings (SSSR count). The monoisotopic (exact) mass is 451 g/mol. The molecule has 0 aliphatic heterocycles. The minimum atomic E-state index is -4.23. The van der Waals surface area contributed by atoms with Crippen LogP contribution in [0.25, 0.3) is 10.9 Å². The second-order valence-electron chi connectivity index (χ2n) is 6.88. The molecule has 1 aromatic heterocycles. The highest BCUT2D eigenvalue weighted by Gasteiger charge is 2.29. The molecule has 6 nitrogen and oxygen atoms in total. The van der Waals surface area contributed by atoms with Crippen molar-refractivity contribution in [2.45, 2.75) is 9.79 Å². The summed E-state index contributed by atoms with van der Waals surface area (Å²) in [5, 5.41) is 0.189. The number of hydrogen-bond acceptors (Lipinski definition) is 6. The van der Waals surface area contributed by atoms with E-state index < -0.39 is 21.4 Å². The zero-order valence-corrected chi connectivity index (χ0v) is 18.0. The summed E-state index contributed by atoms with van der Waals surface area (Å²) in [5.41, 5.74) is 0.512.